The molecule has 194 valence electrons. The third kappa shape index (κ3) is 7.13. The lowest BCUT2D eigenvalue weighted by molar-refractivity contribution is -0.124. The summed E-state index contributed by atoms with van der Waals surface area (Å²) in [6.07, 6.45) is 3.69. The van der Waals surface area contributed by atoms with Crippen molar-refractivity contribution in [3.05, 3.63) is 89.2 Å². The molecule has 0 spiro atoms. The van der Waals surface area contributed by atoms with Crippen molar-refractivity contribution in [1.82, 2.24) is 20.4 Å². The van der Waals surface area contributed by atoms with Gasteiger partial charge in [-0.05, 0) is 30.9 Å². The van der Waals surface area contributed by atoms with E-state index >= 15 is 0 Å². The van der Waals surface area contributed by atoms with Crippen LogP contribution < -0.4 is 10.6 Å². The second-order valence-corrected chi connectivity index (χ2v) is 9.53. The molecule has 0 radical (unpaired) electrons. The smallest absolute Gasteiger partial charge is 0.272 e. The van der Waals surface area contributed by atoms with Crippen LogP contribution in [0, 0.1) is 0 Å². The van der Waals surface area contributed by atoms with Gasteiger partial charge in [-0.1, -0.05) is 73.5 Å². The summed E-state index contributed by atoms with van der Waals surface area (Å²) in [5.41, 5.74) is 2.36. The van der Waals surface area contributed by atoms with Crippen LogP contribution in [0.4, 0.5) is 0 Å². The Hall–Kier alpha value is -3.78. The number of carbonyl (C=O) groups excluding carboxylic acids is 3. The van der Waals surface area contributed by atoms with Gasteiger partial charge in [0.2, 0.25) is 5.91 Å². The molecule has 0 aliphatic heterocycles. The number of Topliss-reactive ketones (excluding diaryl/α,β-unsaturated/α-hetero) is 1. The van der Waals surface area contributed by atoms with Gasteiger partial charge in [0.25, 0.3) is 5.91 Å². The van der Waals surface area contributed by atoms with Crippen LogP contribution in [0.3, 0.4) is 0 Å². The Labute approximate surface area is 217 Å². The van der Waals surface area contributed by atoms with Gasteiger partial charge in [-0.25, -0.2) is 0 Å². The quantitative estimate of drug-likeness (QED) is 0.404. The second kappa shape index (κ2) is 12.5. The maximum atomic E-state index is 13.0. The van der Waals surface area contributed by atoms with E-state index in [-0.39, 0.29) is 47.8 Å². The summed E-state index contributed by atoms with van der Waals surface area (Å²) in [7, 11) is 0. The average molecular weight is 503 g/mol. The summed E-state index contributed by atoms with van der Waals surface area (Å²) in [5.74, 6) is -0.938. The fourth-order valence-corrected chi connectivity index (χ4v) is 4.65. The first-order valence-corrected chi connectivity index (χ1v) is 12.8. The number of hydrogen-bond acceptors (Lipinski definition) is 5. The lowest BCUT2D eigenvalue weighted by atomic mass is 9.92. The molecule has 1 saturated carbocycles. The molecule has 1 fully saturated rings. The van der Waals surface area contributed by atoms with E-state index in [4.69, 9.17) is 4.74 Å². The summed E-state index contributed by atoms with van der Waals surface area (Å²) in [6.45, 7) is 3.61. The van der Waals surface area contributed by atoms with Crippen molar-refractivity contribution in [3.63, 3.8) is 0 Å². The highest BCUT2D eigenvalue weighted by Gasteiger charge is 2.28. The molecule has 1 heterocycles. The Balaban J connectivity index is 1.39. The van der Waals surface area contributed by atoms with Crippen LogP contribution in [-0.4, -0.2) is 39.5 Å². The summed E-state index contributed by atoms with van der Waals surface area (Å²) >= 11 is 0. The highest BCUT2D eigenvalue weighted by Crippen LogP contribution is 2.23. The van der Waals surface area contributed by atoms with Crippen LogP contribution in [0.2, 0.25) is 0 Å². The minimum atomic E-state index is -0.403. The predicted molar refractivity (Wildman–Crippen MR) is 140 cm³/mol. The van der Waals surface area contributed by atoms with Gasteiger partial charge in [-0.15, -0.1) is 0 Å². The molecule has 8 nitrogen and oxygen atoms in total. The first-order chi connectivity index (χ1) is 17.9. The first kappa shape index (κ1) is 26.3. The van der Waals surface area contributed by atoms with E-state index in [0.29, 0.717) is 6.61 Å². The molecule has 8 heteroatoms. The molecule has 1 aliphatic rings. The van der Waals surface area contributed by atoms with E-state index < -0.39 is 5.91 Å². The van der Waals surface area contributed by atoms with E-state index in [1.165, 1.54) is 17.7 Å². The molecule has 1 unspecified atom stereocenters. The van der Waals surface area contributed by atoms with Crippen LogP contribution in [0.25, 0.3) is 0 Å². The molecular formula is C29H34N4O4. The molecule has 2 amide bonds. The lowest BCUT2D eigenvalue weighted by Gasteiger charge is -2.32. The van der Waals surface area contributed by atoms with Gasteiger partial charge in [0.05, 0.1) is 24.8 Å². The number of ketones is 1. The van der Waals surface area contributed by atoms with Crippen molar-refractivity contribution in [2.75, 3.05) is 0 Å². The van der Waals surface area contributed by atoms with Crippen LogP contribution in [0.5, 0.6) is 0 Å². The van der Waals surface area contributed by atoms with Gasteiger partial charge in [-0.2, -0.15) is 5.10 Å². The average Bonchev–Trinajstić information content (AvgIpc) is 3.33. The van der Waals surface area contributed by atoms with Crippen molar-refractivity contribution in [2.45, 2.75) is 70.9 Å². The molecule has 4 rings (SSSR count). The lowest BCUT2D eigenvalue weighted by Crippen LogP contribution is -2.47. The maximum absolute atomic E-state index is 13.0. The van der Waals surface area contributed by atoms with Gasteiger partial charge in [0, 0.05) is 13.0 Å². The van der Waals surface area contributed by atoms with Crippen LogP contribution >= 0.6 is 0 Å². The number of nitrogens with one attached hydrogen (secondary N) is 2. The molecule has 0 bridgehead atoms. The number of carbonyl (C=O) groups is 3. The van der Waals surface area contributed by atoms with E-state index in [9.17, 15) is 14.4 Å². The largest absolute Gasteiger partial charge is 0.371 e. The minimum Gasteiger partial charge on any atom is -0.371 e. The number of hydrogen-bond donors (Lipinski definition) is 2. The van der Waals surface area contributed by atoms with E-state index in [0.717, 1.165) is 36.8 Å². The topological polar surface area (TPSA) is 102 Å². The number of nitrogens with zero attached hydrogens (tertiary/aromatic N) is 2. The van der Waals surface area contributed by atoms with Crippen LogP contribution in [0.1, 0.15) is 77.7 Å². The Morgan fingerprint density at radius 3 is 2.41 bits per heavy atom. The van der Waals surface area contributed by atoms with E-state index in [1.54, 1.807) is 0 Å². The molecule has 3 atom stereocenters. The number of rotatable bonds is 10. The molecule has 2 aromatic carbocycles. The Kier molecular flexibility index (Phi) is 8.85. The van der Waals surface area contributed by atoms with Crippen molar-refractivity contribution in [3.8, 4) is 0 Å². The molecule has 1 aromatic heterocycles. The van der Waals surface area contributed by atoms with Gasteiger partial charge in [0.15, 0.2) is 11.5 Å². The van der Waals surface area contributed by atoms with E-state index in [2.05, 4.69) is 15.7 Å². The van der Waals surface area contributed by atoms with Gasteiger partial charge < -0.3 is 15.4 Å². The number of aromatic nitrogens is 2. The zero-order valence-electron chi connectivity index (χ0n) is 21.4. The maximum Gasteiger partial charge on any atom is 0.272 e. The number of amides is 2. The third-order valence-corrected chi connectivity index (χ3v) is 6.67. The predicted octanol–water partition coefficient (Wildman–Crippen LogP) is 4.22. The fourth-order valence-electron chi connectivity index (χ4n) is 4.65. The monoisotopic (exact) mass is 502 g/mol. The highest BCUT2D eigenvalue weighted by molar-refractivity contribution is 5.98. The fraction of sp³-hybridized carbons (Fsp3) is 0.379. The molecule has 1 aliphatic carbocycles. The Morgan fingerprint density at radius 2 is 1.70 bits per heavy atom. The summed E-state index contributed by atoms with van der Waals surface area (Å²) in [5, 5.41) is 10.3. The van der Waals surface area contributed by atoms with Crippen molar-refractivity contribution < 1.29 is 19.1 Å². The zero-order chi connectivity index (χ0) is 26.2. The Morgan fingerprint density at radius 1 is 1.03 bits per heavy atom. The van der Waals surface area contributed by atoms with Crippen molar-refractivity contribution in [1.29, 1.82) is 0 Å². The van der Waals surface area contributed by atoms with Crippen LogP contribution in [0.15, 0.2) is 66.7 Å². The van der Waals surface area contributed by atoms with Crippen LogP contribution in [-0.2, 0) is 22.7 Å². The molecule has 3 aromatic rings. The Bertz CT molecular complexity index is 1210. The standard InChI is InChI=1S/C29H34N4O4/c1-20(23-13-7-4-8-14-23)30-29(36)25-17-26(21(2)34)33(32-25)18-28(35)31-24-15-9-10-16-27(24)37-19-22-11-5-3-6-12-22/h3-8,11-14,17,20,24,27H,9-10,15-16,18-19H2,1-2H3,(H,30,36)(H,31,35)/t20?,24-,27-/m0/s1. The number of benzene rings is 2. The molecule has 0 saturated heterocycles. The summed E-state index contributed by atoms with van der Waals surface area (Å²) in [6, 6.07) is 20.6. The summed E-state index contributed by atoms with van der Waals surface area (Å²) < 4.78 is 7.47. The SMILES string of the molecule is CC(=O)c1cc(C(=O)NC(C)c2ccccc2)nn1CC(=O)N[C@H]1CCCC[C@@H]1OCc1ccccc1. The summed E-state index contributed by atoms with van der Waals surface area (Å²) in [4.78, 5) is 38.1. The van der Waals surface area contributed by atoms with Gasteiger partial charge in [0.1, 0.15) is 12.2 Å². The molecule has 2 N–H and O–H groups in total. The van der Waals surface area contributed by atoms with E-state index in [1.807, 2.05) is 67.6 Å². The second-order valence-electron chi connectivity index (χ2n) is 9.53. The number of ether oxygens (including phenoxy) is 1. The highest BCUT2D eigenvalue weighted by atomic mass is 16.5. The molecule has 37 heavy (non-hydrogen) atoms. The third-order valence-electron chi connectivity index (χ3n) is 6.67. The van der Waals surface area contributed by atoms with Gasteiger partial charge >= 0.3 is 0 Å². The van der Waals surface area contributed by atoms with Gasteiger partial charge in [-0.3, -0.25) is 19.1 Å². The minimum absolute atomic E-state index is 0.0800. The first-order valence-electron chi connectivity index (χ1n) is 12.8. The normalized spacial score (nSPS) is 18.1. The van der Waals surface area contributed by atoms with Crippen molar-refractivity contribution >= 4 is 17.6 Å². The molecular weight excluding hydrogens is 468 g/mol. The zero-order valence-corrected chi connectivity index (χ0v) is 21.4. The van der Waals surface area contributed by atoms with Crippen molar-refractivity contribution in [2.24, 2.45) is 0 Å².